The van der Waals surface area contributed by atoms with Crippen molar-refractivity contribution < 1.29 is 13.2 Å². The molecule has 1 aromatic heterocycles. The Kier molecular flexibility index (Phi) is 4.69. The van der Waals surface area contributed by atoms with Gasteiger partial charge >= 0.3 is 0 Å². The van der Waals surface area contributed by atoms with Crippen LogP contribution in [0.1, 0.15) is 20.8 Å². The van der Waals surface area contributed by atoms with Crippen molar-refractivity contribution in [3.63, 3.8) is 0 Å². The van der Waals surface area contributed by atoms with Crippen LogP contribution in [0.4, 0.5) is 5.00 Å². The molecule has 2 aromatic rings. The monoisotopic (exact) mass is 338 g/mol. The Hall–Kier alpha value is -1.70. The minimum atomic E-state index is -3.48. The van der Waals surface area contributed by atoms with E-state index in [-0.39, 0.29) is 10.8 Å². The predicted molar refractivity (Wildman–Crippen MR) is 89.1 cm³/mol. The van der Waals surface area contributed by atoms with E-state index in [9.17, 15) is 13.2 Å². The van der Waals surface area contributed by atoms with Crippen LogP contribution in [0.2, 0.25) is 0 Å². The topological polar surface area (TPSA) is 66.5 Å². The second-order valence-electron chi connectivity index (χ2n) is 5.12. The highest BCUT2D eigenvalue weighted by atomic mass is 32.2. The van der Waals surface area contributed by atoms with Crippen LogP contribution in [-0.2, 0) is 10.0 Å². The molecular weight excluding hydrogens is 320 g/mol. The van der Waals surface area contributed by atoms with Crippen molar-refractivity contribution in [2.24, 2.45) is 0 Å². The average molecular weight is 338 g/mol. The van der Waals surface area contributed by atoms with Crippen LogP contribution >= 0.6 is 11.3 Å². The second kappa shape index (κ2) is 6.20. The molecule has 0 saturated heterocycles. The van der Waals surface area contributed by atoms with Crippen molar-refractivity contribution in [1.29, 1.82) is 0 Å². The van der Waals surface area contributed by atoms with Gasteiger partial charge in [0.05, 0.1) is 9.90 Å². The molecule has 1 heterocycles. The lowest BCUT2D eigenvalue weighted by Gasteiger charge is -2.11. The van der Waals surface area contributed by atoms with E-state index in [2.05, 4.69) is 5.32 Å². The Bertz CT molecular complexity index is 771. The highest BCUT2D eigenvalue weighted by molar-refractivity contribution is 7.89. The minimum Gasteiger partial charge on any atom is -0.314 e. The molecule has 0 unspecified atom stereocenters. The van der Waals surface area contributed by atoms with E-state index < -0.39 is 10.0 Å². The molecule has 0 aliphatic carbocycles. The third-order valence-corrected chi connectivity index (χ3v) is 6.20. The van der Waals surface area contributed by atoms with E-state index >= 15 is 0 Å². The van der Waals surface area contributed by atoms with Gasteiger partial charge in [0.1, 0.15) is 0 Å². The van der Waals surface area contributed by atoms with Gasteiger partial charge < -0.3 is 5.32 Å². The van der Waals surface area contributed by atoms with Gasteiger partial charge in [-0.2, -0.15) is 0 Å². The van der Waals surface area contributed by atoms with Crippen LogP contribution in [0.15, 0.2) is 35.2 Å². The summed E-state index contributed by atoms with van der Waals surface area (Å²) >= 11 is 1.51. The lowest BCUT2D eigenvalue weighted by Crippen LogP contribution is -2.22. The predicted octanol–water partition coefficient (Wildman–Crippen LogP) is 2.87. The Morgan fingerprint density at radius 2 is 1.73 bits per heavy atom. The molecule has 0 aliphatic heterocycles. The summed E-state index contributed by atoms with van der Waals surface area (Å²) in [5.74, 6) is -0.255. The fraction of sp³-hybridized carbons (Fsp3) is 0.267. The summed E-state index contributed by atoms with van der Waals surface area (Å²) in [6.45, 7) is 3.99. The second-order valence-corrected chi connectivity index (χ2v) is 8.52. The van der Waals surface area contributed by atoms with Crippen LogP contribution in [0.25, 0.3) is 0 Å². The van der Waals surface area contributed by atoms with Gasteiger partial charge in [0, 0.05) is 24.5 Å². The van der Waals surface area contributed by atoms with Gasteiger partial charge in [-0.15, -0.1) is 11.3 Å². The number of carbonyl (C=O) groups is 1. The maximum absolute atomic E-state index is 12.2. The number of nitrogens with zero attached hydrogens (tertiary/aromatic N) is 1. The number of carbonyl (C=O) groups excluding carboxylic acids is 1. The van der Waals surface area contributed by atoms with Crippen molar-refractivity contribution in [3.8, 4) is 0 Å². The number of anilines is 1. The Balaban J connectivity index is 2.18. The molecule has 1 amide bonds. The molecule has 0 radical (unpaired) electrons. The highest BCUT2D eigenvalue weighted by Gasteiger charge is 2.17. The highest BCUT2D eigenvalue weighted by Crippen LogP contribution is 2.26. The lowest BCUT2D eigenvalue weighted by atomic mass is 10.2. The molecular formula is C15H18N2O3S2. The first-order chi connectivity index (χ1) is 10.2. The van der Waals surface area contributed by atoms with E-state index in [1.54, 1.807) is 0 Å². The molecule has 118 valence electrons. The van der Waals surface area contributed by atoms with Gasteiger partial charge in [-0.05, 0) is 49.7 Å². The largest absolute Gasteiger partial charge is 0.314 e. The maximum Gasteiger partial charge on any atom is 0.256 e. The van der Waals surface area contributed by atoms with Crippen molar-refractivity contribution in [3.05, 3.63) is 46.3 Å². The van der Waals surface area contributed by atoms with E-state index in [1.807, 2.05) is 19.9 Å². The van der Waals surface area contributed by atoms with Crippen molar-refractivity contribution in [2.45, 2.75) is 18.7 Å². The average Bonchev–Trinajstić information content (AvgIpc) is 2.77. The van der Waals surface area contributed by atoms with Gasteiger partial charge in [0.2, 0.25) is 10.0 Å². The Labute approximate surface area is 134 Å². The zero-order chi connectivity index (χ0) is 16.5. The van der Waals surface area contributed by atoms with E-state index in [0.29, 0.717) is 5.56 Å². The third kappa shape index (κ3) is 3.37. The summed E-state index contributed by atoms with van der Waals surface area (Å²) in [6, 6.07) is 7.82. The fourth-order valence-corrected chi connectivity index (χ4v) is 3.64. The number of amides is 1. The molecule has 5 nitrogen and oxygen atoms in total. The van der Waals surface area contributed by atoms with Gasteiger partial charge in [0.15, 0.2) is 0 Å². The van der Waals surface area contributed by atoms with Crippen molar-refractivity contribution in [1.82, 2.24) is 4.31 Å². The zero-order valence-electron chi connectivity index (χ0n) is 12.9. The zero-order valence-corrected chi connectivity index (χ0v) is 14.5. The van der Waals surface area contributed by atoms with Gasteiger partial charge in [-0.25, -0.2) is 12.7 Å². The van der Waals surface area contributed by atoms with Crippen molar-refractivity contribution in [2.75, 3.05) is 19.4 Å². The molecule has 22 heavy (non-hydrogen) atoms. The van der Waals surface area contributed by atoms with Gasteiger partial charge in [-0.3, -0.25) is 4.79 Å². The molecule has 1 N–H and O–H groups in total. The number of hydrogen-bond acceptors (Lipinski definition) is 4. The number of aryl methyl sites for hydroxylation is 2. The number of sulfonamides is 1. The Morgan fingerprint density at radius 3 is 2.18 bits per heavy atom. The van der Waals surface area contributed by atoms with E-state index in [4.69, 9.17) is 0 Å². The Morgan fingerprint density at radius 1 is 1.14 bits per heavy atom. The molecule has 0 spiro atoms. The molecule has 0 aliphatic rings. The molecule has 7 heteroatoms. The van der Waals surface area contributed by atoms with Crippen molar-refractivity contribution >= 4 is 32.3 Å². The number of rotatable bonds is 4. The molecule has 2 rings (SSSR count). The molecule has 0 fully saturated rings. The minimum absolute atomic E-state index is 0.164. The molecule has 0 bridgehead atoms. The van der Waals surface area contributed by atoms with Gasteiger partial charge in [-0.1, -0.05) is 0 Å². The van der Waals surface area contributed by atoms with Gasteiger partial charge in [0.25, 0.3) is 5.91 Å². The molecule has 0 atom stereocenters. The van der Waals surface area contributed by atoms with Crippen LogP contribution < -0.4 is 5.32 Å². The van der Waals surface area contributed by atoms with Crippen LogP contribution in [-0.4, -0.2) is 32.7 Å². The fourth-order valence-electron chi connectivity index (χ4n) is 1.81. The summed E-state index contributed by atoms with van der Waals surface area (Å²) < 4.78 is 25.1. The van der Waals surface area contributed by atoms with Crippen LogP contribution in [0.5, 0.6) is 0 Å². The summed E-state index contributed by atoms with van der Waals surface area (Å²) in [5.41, 5.74) is 1.55. The van der Waals surface area contributed by atoms with Crippen LogP contribution in [0.3, 0.4) is 0 Å². The standard InChI is InChI=1S/C15H18N2O3S2/c1-10-9-14(21-11(10)2)16-15(18)12-5-7-13(8-6-12)22(19,20)17(3)4/h5-9H,1-4H3,(H,16,18). The smallest absolute Gasteiger partial charge is 0.256 e. The summed E-state index contributed by atoms with van der Waals surface area (Å²) in [7, 11) is -0.538. The SMILES string of the molecule is Cc1cc(NC(=O)c2ccc(S(=O)(=O)N(C)C)cc2)sc1C. The molecule has 1 aromatic carbocycles. The first kappa shape index (κ1) is 16.7. The van der Waals surface area contributed by atoms with E-state index in [0.717, 1.165) is 19.7 Å². The number of hydrogen-bond donors (Lipinski definition) is 1. The number of benzene rings is 1. The molecule has 0 saturated carbocycles. The first-order valence-electron chi connectivity index (χ1n) is 6.63. The summed E-state index contributed by atoms with van der Waals surface area (Å²) in [4.78, 5) is 13.5. The normalized spacial score (nSPS) is 11.7. The third-order valence-electron chi connectivity index (χ3n) is 3.30. The number of nitrogens with one attached hydrogen (secondary N) is 1. The lowest BCUT2D eigenvalue weighted by molar-refractivity contribution is 0.102. The maximum atomic E-state index is 12.2. The van der Waals surface area contributed by atoms with E-state index in [1.165, 1.54) is 49.7 Å². The number of thiophene rings is 1. The van der Waals surface area contributed by atoms with Crippen LogP contribution in [0, 0.1) is 13.8 Å². The summed E-state index contributed by atoms with van der Waals surface area (Å²) in [5, 5.41) is 3.60. The quantitative estimate of drug-likeness (QED) is 0.932. The first-order valence-corrected chi connectivity index (χ1v) is 8.88. The summed E-state index contributed by atoms with van der Waals surface area (Å²) in [6.07, 6.45) is 0.